The molecule has 0 N–H and O–H groups in total. The second kappa shape index (κ2) is 17.5. The minimum absolute atomic E-state index is 1.18. The van der Waals surface area contributed by atoms with Crippen molar-refractivity contribution in [1.29, 1.82) is 0 Å². The van der Waals surface area contributed by atoms with Crippen LogP contribution in [0.4, 0.5) is 0 Å². The molecule has 70 heavy (non-hydrogen) atoms. The third kappa shape index (κ3) is 7.26. The second-order valence-corrected chi connectivity index (χ2v) is 18.3. The van der Waals surface area contributed by atoms with Crippen molar-refractivity contribution in [1.82, 2.24) is 0 Å². The van der Waals surface area contributed by atoms with E-state index in [4.69, 9.17) is 0 Å². The summed E-state index contributed by atoms with van der Waals surface area (Å²) in [4.78, 5) is 0. The Morgan fingerprint density at radius 3 is 0.586 bits per heavy atom. The van der Waals surface area contributed by atoms with Crippen molar-refractivity contribution in [2.75, 3.05) is 0 Å². The Bertz CT molecular complexity index is 3960. The molecule has 0 aliphatic rings. The number of hydrogen-bond acceptors (Lipinski definition) is 0. The fourth-order valence-electron chi connectivity index (χ4n) is 10.9. The van der Waals surface area contributed by atoms with Gasteiger partial charge in [-0.25, -0.2) is 0 Å². The molecule has 13 aromatic rings. The van der Waals surface area contributed by atoms with Gasteiger partial charge in [-0.05, 0) is 138 Å². The van der Waals surface area contributed by atoms with Gasteiger partial charge in [-0.1, -0.05) is 273 Å². The Kier molecular flexibility index (Phi) is 10.3. The van der Waals surface area contributed by atoms with Crippen LogP contribution in [0.3, 0.4) is 0 Å². The third-order valence-electron chi connectivity index (χ3n) is 14.3. The zero-order valence-corrected chi connectivity index (χ0v) is 38.6. The SMILES string of the molecule is c1ccc(-c2ccc(-c3c4ccccc4c(-c4ccc(-c5ccc6c(-c7ccc(-c8ccccc8)cc7)c7ccccc7c(-c7ccc(-c8ccccc8)cc7)c6c5)cc4)c4ccccc34)cc2)cc1. The lowest BCUT2D eigenvalue weighted by Gasteiger charge is -2.19. The van der Waals surface area contributed by atoms with Crippen LogP contribution in [0.1, 0.15) is 0 Å². The summed E-state index contributed by atoms with van der Waals surface area (Å²) in [5.41, 5.74) is 19.5. The first-order valence-electron chi connectivity index (χ1n) is 24.2. The first-order chi connectivity index (χ1) is 34.7. The maximum Gasteiger partial charge on any atom is -0.00261 e. The molecular weight excluding hydrogens is 841 g/mol. The van der Waals surface area contributed by atoms with E-state index in [1.54, 1.807) is 0 Å². The fourth-order valence-corrected chi connectivity index (χ4v) is 10.9. The van der Waals surface area contributed by atoms with Crippen molar-refractivity contribution in [3.63, 3.8) is 0 Å². The minimum Gasteiger partial charge on any atom is -0.0622 e. The van der Waals surface area contributed by atoms with Crippen LogP contribution in [0.5, 0.6) is 0 Å². The molecule has 326 valence electrons. The molecular formula is C70H46. The Morgan fingerprint density at radius 1 is 0.114 bits per heavy atom. The summed E-state index contributed by atoms with van der Waals surface area (Å²) >= 11 is 0. The van der Waals surface area contributed by atoms with Crippen LogP contribution >= 0.6 is 0 Å². The van der Waals surface area contributed by atoms with E-state index in [1.807, 2.05) is 0 Å². The highest BCUT2D eigenvalue weighted by Gasteiger charge is 2.20. The molecule has 0 radical (unpaired) electrons. The fraction of sp³-hybridized carbons (Fsp3) is 0. The number of rotatable bonds is 8. The van der Waals surface area contributed by atoms with Crippen LogP contribution in [0.15, 0.2) is 279 Å². The molecule has 0 aliphatic heterocycles. The van der Waals surface area contributed by atoms with E-state index in [9.17, 15) is 0 Å². The Hall–Kier alpha value is -9.10. The summed E-state index contributed by atoms with van der Waals surface area (Å²) in [7, 11) is 0. The quantitative estimate of drug-likeness (QED) is 0.133. The van der Waals surface area contributed by atoms with E-state index in [-0.39, 0.29) is 0 Å². The molecule has 0 nitrogen and oxygen atoms in total. The summed E-state index contributed by atoms with van der Waals surface area (Å²) in [6.45, 7) is 0. The van der Waals surface area contributed by atoms with Crippen molar-refractivity contribution in [3.8, 4) is 89.0 Å². The lowest BCUT2D eigenvalue weighted by molar-refractivity contribution is 1.60. The molecule has 0 spiro atoms. The summed E-state index contributed by atoms with van der Waals surface area (Å²) < 4.78 is 0. The van der Waals surface area contributed by atoms with E-state index < -0.39 is 0 Å². The highest BCUT2D eigenvalue weighted by Crippen LogP contribution is 2.47. The monoisotopic (exact) mass is 886 g/mol. The third-order valence-corrected chi connectivity index (χ3v) is 14.3. The van der Waals surface area contributed by atoms with Crippen molar-refractivity contribution in [2.24, 2.45) is 0 Å². The van der Waals surface area contributed by atoms with Gasteiger partial charge in [-0.2, -0.15) is 0 Å². The normalized spacial score (nSPS) is 11.4. The highest BCUT2D eigenvalue weighted by molar-refractivity contribution is 6.23. The van der Waals surface area contributed by atoms with Crippen molar-refractivity contribution >= 4 is 43.1 Å². The molecule has 0 atom stereocenters. The average Bonchev–Trinajstić information content (AvgIpc) is 3.44. The zero-order valence-electron chi connectivity index (χ0n) is 38.6. The van der Waals surface area contributed by atoms with Crippen LogP contribution in [0.2, 0.25) is 0 Å². The van der Waals surface area contributed by atoms with E-state index in [0.29, 0.717) is 0 Å². The van der Waals surface area contributed by atoms with E-state index >= 15 is 0 Å². The first kappa shape index (κ1) is 41.1. The summed E-state index contributed by atoms with van der Waals surface area (Å²) in [5, 5.41) is 9.97. The molecule has 0 saturated carbocycles. The predicted molar refractivity (Wildman–Crippen MR) is 300 cm³/mol. The molecule has 0 saturated heterocycles. The Balaban J connectivity index is 0.951. The molecule has 0 heteroatoms. The molecule has 0 amide bonds. The highest BCUT2D eigenvalue weighted by atomic mass is 14.2. The molecule has 0 bridgehead atoms. The largest absolute Gasteiger partial charge is 0.0622 e. The lowest BCUT2D eigenvalue weighted by Crippen LogP contribution is -1.92. The predicted octanol–water partition coefficient (Wildman–Crippen LogP) is 19.6. The van der Waals surface area contributed by atoms with Gasteiger partial charge < -0.3 is 0 Å². The molecule has 0 aliphatic carbocycles. The Labute approximate surface area is 409 Å². The van der Waals surface area contributed by atoms with E-state index in [2.05, 4.69) is 279 Å². The van der Waals surface area contributed by atoms with E-state index in [0.717, 1.165) is 0 Å². The summed E-state index contributed by atoms with van der Waals surface area (Å²) in [6.07, 6.45) is 0. The van der Waals surface area contributed by atoms with Crippen LogP contribution in [-0.2, 0) is 0 Å². The molecule has 13 aromatic carbocycles. The smallest absolute Gasteiger partial charge is 0.00261 e. The second-order valence-electron chi connectivity index (χ2n) is 18.3. The van der Waals surface area contributed by atoms with E-state index in [1.165, 1.54) is 132 Å². The minimum atomic E-state index is 1.18. The number of benzene rings is 13. The summed E-state index contributed by atoms with van der Waals surface area (Å²) in [6, 6.07) is 102. The van der Waals surface area contributed by atoms with Gasteiger partial charge in [0.25, 0.3) is 0 Å². The van der Waals surface area contributed by atoms with Gasteiger partial charge in [0.05, 0.1) is 0 Å². The van der Waals surface area contributed by atoms with Crippen molar-refractivity contribution in [2.45, 2.75) is 0 Å². The maximum absolute atomic E-state index is 2.43. The number of hydrogen-bond donors (Lipinski definition) is 0. The standard InChI is InChI=1S/C70H46/c1-4-16-47(17-5-1)50-28-36-54(37-29-50)67-59-22-10-12-24-61(59)68(62-25-13-11-23-60(62)67)55-42-34-53(35-43-55)58-44-45-65-66(46-58)70(57-40-32-52(33-41-57)49-20-8-3-9-21-49)64-27-15-14-26-63(64)69(65)56-38-30-51(31-39-56)48-18-6-2-7-19-48/h1-46H. The van der Waals surface area contributed by atoms with Crippen LogP contribution in [0.25, 0.3) is 132 Å². The van der Waals surface area contributed by atoms with Crippen LogP contribution in [0, 0.1) is 0 Å². The van der Waals surface area contributed by atoms with Crippen molar-refractivity contribution in [3.05, 3.63) is 279 Å². The van der Waals surface area contributed by atoms with Gasteiger partial charge in [0, 0.05) is 0 Å². The average molecular weight is 887 g/mol. The zero-order chi connectivity index (χ0) is 46.4. The van der Waals surface area contributed by atoms with Gasteiger partial charge in [0.1, 0.15) is 0 Å². The van der Waals surface area contributed by atoms with Gasteiger partial charge in [0.15, 0.2) is 0 Å². The van der Waals surface area contributed by atoms with Gasteiger partial charge >= 0.3 is 0 Å². The summed E-state index contributed by atoms with van der Waals surface area (Å²) in [5.74, 6) is 0. The molecule has 0 heterocycles. The molecule has 13 rings (SSSR count). The maximum atomic E-state index is 2.43. The van der Waals surface area contributed by atoms with Crippen LogP contribution in [-0.4, -0.2) is 0 Å². The molecule has 0 unspecified atom stereocenters. The molecule has 0 fully saturated rings. The van der Waals surface area contributed by atoms with Gasteiger partial charge in [0.2, 0.25) is 0 Å². The van der Waals surface area contributed by atoms with Gasteiger partial charge in [-0.3, -0.25) is 0 Å². The van der Waals surface area contributed by atoms with Crippen molar-refractivity contribution < 1.29 is 0 Å². The van der Waals surface area contributed by atoms with Crippen LogP contribution < -0.4 is 0 Å². The van der Waals surface area contributed by atoms with Gasteiger partial charge in [-0.15, -0.1) is 0 Å². The first-order valence-corrected chi connectivity index (χ1v) is 24.2. The lowest BCUT2D eigenvalue weighted by atomic mass is 9.84. The Morgan fingerprint density at radius 2 is 0.300 bits per heavy atom. The topological polar surface area (TPSA) is 0 Å². The number of fused-ring (bicyclic) bond motifs is 4. The molecule has 0 aromatic heterocycles.